The maximum absolute atomic E-state index is 12.1. The summed E-state index contributed by atoms with van der Waals surface area (Å²) in [5.41, 5.74) is 7.47. The van der Waals surface area contributed by atoms with E-state index in [-0.39, 0.29) is 12.0 Å². The molecule has 4 nitrogen and oxygen atoms in total. The van der Waals surface area contributed by atoms with Gasteiger partial charge in [-0.1, -0.05) is 28.1 Å². The number of nitrogens with zero attached hydrogens (tertiary/aromatic N) is 1. The highest BCUT2D eigenvalue weighted by molar-refractivity contribution is 9.10. The number of esters is 1. The Labute approximate surface area is 132 Å². The van der Waals surface area contributed by atoms with Crippen LogP contribution in [0.25, 0.3) is 0 Å². The van der Waals surface area contributed by atoms with Crippen LogP contribution < -0.4 is 10.6 Å². The molecule has 0 spiro atoms. The highest BCUT2D eigenvalue weighted by Crippen LogP contribution is 2.31. The van der Waals surface area contributed by atoms with Crippen LogP contribution in [0.2, 0.25) is 0 Å². The lowest BCUT2D eigenvalue weighted by Crippen LogP contribution is -2.38. The summed E-state index contributed by atoms with van der Waals surface area (Å²) in [6.45, 7) is 3.01. The minimum Gasteiger partial charge on any atom is -0.464 e. The summed E-state index contributed by atoms with van der Waals surface area (Å²) in [6.07, 6.45) is 1.74. The minimum atomic E-state index is -0.252. The summed E-state index contributed by atoms with van der Waals surface area (Å²) < 4.78 is 6.08. The fraction of sp³-hybridized carbons (Fsp3) is 0.429. The van der Waals surface area contributed by atoms with Crippen LogP contribution in [0.3, 0.4) is 0 Å². The molecule has 0 aromatic heterocycles. The highest BCUT2D eigenvalue weighted by Gasteiger charge is 2.33. The molecule has 1 heterocycles. The molecule has 1 saturated heterocycles. The second kappa shape index (κ2) is 6.54. The normalized spacial score (nSPS) is 18.1. The molecule has 2 N–H and O–H groups in total. The van der Waals surface area contributed by atoms with E-state index in [0.717, 1.165) is 35.1 Å². The number of benzene rings is 1. The van der Waals surface area contributed by atoms with Crippen molar-refractivity contribution in [3.05, 3.63) is 28.2 Å². The zero-order valence-electron chi connectivity index (χ0n) is 11.3. The van der Waals surface area contributed by atoms with E-state index in [9.17, 15) is 4.79 Å². The van der Waals surface area contributed by atoms with Crippen LogP contribution >= 0.6 is 28.1 Å². The minimum absolute atomic E-state index is 0.182. The summed E-state index contributed by atoms with van der Waals surface area (Å²) in [5.74, 6) is -0.182. The molecule has 1 unspecified atom stereocenters. The Kier molecular flexibility index (Phi) is 4.99. The molecule has 1 atom stereocenters. The molecule has 108 valence electrons. The number of carbonyl (C=O) groups excluding carboxylic acids is 1. The highest BCUT2D eigenvalue weighted by atomic mass is 79.9. The van der Waals surface area contributed by atoms with E-state index >= 15 is 0 Å². The van der Waals surface area contributed by atoms with Gasteiger partial charge in [-0.3, -0.25) is 0 Å². The van der Waals surface area contributed by atoms with Crippen molar-refractivity contribution in [2.24, 2.45) is 5.73 Å². The van der Waals surface area contributed by atoms with Crippen LogP contribution in [0, 0.1) is 0 Å². The van der Waals surface area contributed by atoms with E-state index in [1.54, 1.807) is 0 Å². The van der Waals surface area contributed by atoms with E-state index < -0.39 is 0 Å². The zero-order valence-corrected chi connectivity index (χ0v) is 13.7. The summed E-state index contributed by atoms with van der Waals surface area (Å²) >= 11 is 8.56. The van der Waals surface area contributed by atoms with Gasteiger partial charge in [0.05, 0.1) is 6.61 Å². The molecule has 1 aliphatic heterocycles. The van der Waals surface area contributed by atoms with Crippen molar-refractivity contribution in [1.82, 2.24) is 0 Å². The van der Waals surface area contributed by atoms with Gasteiger partial charge < -0.3 is 15.4 Å². The van der Waals surface area contributed by atoms with Crippen LogP contribution in [0.1, 0.15) is 25.3 Å². The second-order valence-electron chi connectivity index (χ2n) is 4.63. The van der Waals surface area contributed by atoms with Gasteiger partial charge in [0.1, 0.15) is 11.0 Å². The lowest BCUT2D eigenvalue weighted by molar-refractivity contribution is -0.144. The van der Waals surface area contributed by atoms with Gasteiger partial charge in [0.15, 0.2) is 0 Å². The number of carbonyl (C=O) groups is 1. The Morgan fingerprint density at radius 2 is 2.35 bits per heavy atom. The molecule has 2 rings (SSSR count). The fourth-order valence-electron chi connectivity index (χ4n) is 2.49. The first-order chi connectivity index (χ1) is 9.54. The molecule has 0 amide bonds. The second-order valence-corrected chi connectivity index (χ2v) is 5.98. The van der Waals surface area contributed by atoms with Crippen molar-refractivity contribution < 1.29 is 9.53 Å². The first-order valence-electron chi connectivity index (χ1n) is 6.57. The van der Waals surface area contributed by atoms with Crippen molar-refractivity contribution >= 4 is 44.8 Å². The van der Waals surface area contributed by atoms with Gasteiger partial charge in [-0.05, 0) is 38.0 Å². The first-order valence-corrected chi connectivity index (χ1v) is 7.77. The Morgan fingerprint density at radius 1 is 1.60 bits per heavy atom. The quantitative estimate of drug-likeness (QED) is 0.663. The number of hydrogen-bond acceptors (Lipinski definition) is 4. The topological polar surface area (TPSA) is 55.6 Å². The monoisotopic (exact) mass is 356 g/mol. The van der Waals surface area contributed by atoms with Crippen molar-refractivity contribution in [2.75, 3.05) is 18.1 Å². The fourth-order valence-corrected chi connectivity index (χ4v) is 3.01. The van der Waals surface area contributed by atoms with E-state index in [4.69, 9.17) is 22.7 Å². The van der Waals surface area contributed by atoms with Crippen LogP contribution in [0.15, 0.2) is 22.7 Å². The number of hydrogen-bond donors (Lipinski definition) is 1. The van der Waals surface area contributed by atoms with Crippen molar-refractivity contribution in [3.8, 4) is 0 Å². The molecule has 0 saturated carbocycles. The molecular weight excluding hydrogens is 340 g/mol. The molecule has 0 radical (unpaired) electrons. The van der Waals surface area contributed by atoms with Crippen LogP contribution in [0.5, 0.6) is 0 Å². The SMILES string of the molecule is CCOC(=O)C1CCCN1c1cc(Br)ccc1C(N)=S. The third kappa shape index (κ3) is 3.12. The molecule has 0 bridgehead atoms. The third-order valence-electron chi connectivity index (χ3n) is 3.35. The smallest absolute Gasteiger partial charge is 0.328 e. The Hall–Kier alpha value is -1.14. The molecule has 20 heavy (non-hydrogen) atoms. The average molecular weight is 357 g/mol. The molecule has 1 fully saturated rings. The molecule has 0 aliphatic carbocycles. The van der Waals surface area contributed by atoms with E-state index in [2.05, 4.69) is 15.9 Å². The van der Waals surface area contributed by atoms with Crippen LogP contribution in [0.4, 0.5) is 5.69 Å². The molecule has 1 aromatic carbocycles. The maximum atomic E-state index is 12.1. The van der Waals surface area contributed by atoms with E-state index in [1.807, 2.05) is 30.0 Å². The number of halogens is 1. The van der Waals surface area contributed by atoms with Crippen LogP contribution in [-0.2, 0) is 9.53 Å². The van der Waals surface area contributed by atoms with Crippen LogP contribution in [-0.4, -0.2) is 30.2 Å². The lowest BCUT2D eigenvalue weighted by atomic mass is 10.1. The maximum Gasteiger partial charge on any atom is 0.328 e. The van der Waals surface area contributed by atoms with Gasteiger partial charge in [0.25, 0.3) is 0 Å². The summed E-state index contributed by atoms with van der Waals surface area (Å²) in [4.78, 5) is 14.4. The zero-order chi connectivity index (χ0) is 14.7. The van der Waals surface area contributed by atoms with Crippen molar-refractivity contribution in [2.45, 2.75) is 25.8 Å². The number of ether oxygens (including phenoxy) is 1. The van der Waals surface area contributed by atoms with Gasteiger partial charge in [-0.15, -0.1) is 0 Å². The summed E-state index contributed by atoms with van der Waals surface area (Å²) in [5, 5.41) is 0. The van der Waals surface area contributed by atoms with E-state index in [1.165, 1.54) is 0 Å². The molecule has 1 aromatic rings. The van der Waals surface area contributed by atoms with Crippen molar-refractivity contribution in [1.29, 1.82) is 0 Å². The predicted molar refractivity (Wildman–Crippen MR) is 87.0 cm³/mol. The summed E-state index contributed by atoms with van der Waals surface area (Å²) in [6, 6.07) is 5.47. The Morgan fingerprint density at radius 3 is 3.00 bits per heavy atom. The predicted octanol–water partition coefficient (Wildman–Crippen LogP) is 2.62. The van der Waals surface area contributed by atoms with Gasteiger partial charge in [-0.25, -0.2) is 4.79 Å². The Balaban J connectivity index is 2.36. The largest absolute Gasteiger partial charge is 0.464 e. The average Bonchev–Trinajstić information content (AvgIpc) is 2.87. The first kappa shape index (κ1) is 15.3. The number of thiocarbonyl (C=S) groups is 1. The lowest BCUT2D eigenvalue weighted by Gasteiger charge is -2.27. The molecule has 1 aliphatic rings. The number of rotatable bonds is 4. The number of nitrogens with two attached hydrogens (primary N) is 1. The number of anilines is 1. The van der Waals surface area contributed by atoms with Crippen molar-refractivity contribution in [3.63, 3.8) is 0 Å². The van der Waals surface area contributed by atoms with Gasteiger partial charge >= 0.3 is 5.97 Å². The van der Waals surface area contributed by atoms with Gasteiger partial charge in [0, 0.05) is 22.3 Å². The van der Waals surface area contributed by atoms with Gasteiger partial charge in [0.2, 0.25) is 0 Å². The molecular formula is C14H17BrN2O2S. The third-order valence-corrected chi connectivity index (χ3v) is 4.06. The molecule has 6 heteroatoms. The Bertz CT molecular complexity index is 536. The summed E-state index contributed by atoms with van der Waals surface area (Å²) in [7, 11) is 0. The van der Waals surface area contributed by atoms with Gasteiger partial charge in [-0.2, -0.15) is 0 Å². The van der Waals surface area contributed by atoms with E-state index in [0.29, 0.717) is 11.6 Å². The standard InChI is InChI=1S/C14H17BrN2O2S/c1-2-19-14(18)11-4-3-7-17(11)12-8-9(15)5-6-10(12)13(16)20/h5-6,8,11H,2-4,7H2,1H3,(H2,16,20).